The molecule has 37 heavy (non-hydrogen) atoms. The van der Waals surface area contributed by atoms with E-state index in [1.54, 1.807) is 31.3 Å². The quantitative estimate of drug-likeness (QED) is 0.310. The number of benzene rings is 3. The predicted molar refractivity (Wildman–Crippen MR) is 144 cm³/mol. The Morgan fingerprint density at radius 2 is 1.62 bits per heavy atom. The highest BCUT2D eigenvalue weighted by Crippen LogP contribution is 2.30. The fraction of sp³-hybridized carbons (Fsp3) is 0.172. The van der Waals surface area contributed by atoms with Gasteiger partial charge in [0, 0.05) is 11.8 Å². The van der Waals surface area contributed by atoms with Gasteiger partial charge >= 0.3 is 6.03 Å². The van der Waals surface area contributed by atoms with Gasteiger partial charge in [-0.3, -0.25) is 4.98 Å². The minimum atomic E-state index is -4.06. The van der Waals surface area contributed by atoms with Crippen LogP contribution in [0.4, 0.5) is 4.79 Å². The van der Waals surface area contributed by atoms with Gasteiger partial charge in [-0.2, -0.15) is 0 Å². The van der Waals surface area contributed by atoms with Gasteiger partial charge in [-0.05, 0) is 61.2 Å². The summed E-state index contributed by atoms with van der Waals surface area (Å²) in [7, 11) is -4.06. The molecule has 1 aromatic heterocycles. The number of rotatable bonds is 9. The number of carbonyl (C=O) groups is 1. The van der Waals surface area contributed by atoms with E-state index in [0.29, 0.717) is 24.3 Å². The van der Waals surface area contributed by atoms with Crippen LogP contribution in [0.5, 0.6) is 5.75 Å². The molecule has 7 nitrogen and oxygen atoms in total. The average Bonchev–Trinajstić information content (AvgIpc) is 2.89. The molecule has 1 atom stereocenters. The molecule has 0 radical (unpaired) electrons. The number of hydrogen-bond acceptors (Lipinski definition) is 5. The summed E-state index contributed by atoms with van der Waals surface area (Å²) in [5, 5.41) is 2.85. The molecule has 0 bridgehead atoms. The van der Waals surface area contributed by atoms with Crippen LogP contribution in [0.25, 0.3) is 11.1 Å². The summed E-state index contributed by atoms with van der Waals surface area (Å²) in [4.78, 5) is 17.7. The zero-order valence-corrected chi connectivity index (χ0v) is 21.5. The van der Waals surface area contributed by atoms with E-state index in [1.807, 2.05) is 73.7 Å². The van der Waals surface area contributed by atoms with Crippen molar-refractivity contribution < 1.29 is 17.9 Å². The Bertz CT molecular complexity index is 1460. The molecular formula is C29H29N3O4S. The van der Waals surface area contributed by atoms with Crippen molar-refractivity contribution in [1.82, 2.24) is 15.0 Å². The summed E-state index contributed by atoms with van der Waals surface area (Å²) in [6, 6.07) is 26.2. The van der Waals surface area contributed by atoms with E-state index in [2.05, 4.69) is 15.0 Å². The third kappa shape index (κ3) is 6.54. The van der Waals surface area contributed by atoms with Gasteiger partial charge in [-0.25, -0.2) is 17.9 Å². The van der Waals surface area contributed by atoms with Crippen LogP contribution < -0.4 is 14.8 Å². The molecule has 0 aliphatic heterocycles. The van der Waals surface area contributed by atoms with Gasteiger partial charge in [0.25, 0.3) is 10.0 Å². The monoisotopic (exact) mass is 515 g/mol. The second-order valence-electron chi connectivity index (χ2n) is 8.48. The third-order valence-corrected chi connectivity index (χ3v) is 7.33. The lowest BCUT2D eigenvalue weighted by Crippen LogP contribution is -2.42. The Labute approximate surface area is 217 Å². The number of carbonyl (C=O) groups excluding carboxylic acids is 1. The average molecular weight is 516 g/mol. The van der Waals surface area contributed by atoms with E-state index < -0.39 is 22.1 Å². The highest BCUT2D eigenvalue weighted by atomic mass is 32.2. The van der Waals surface area contributed by atoms with E-state index in [-0.39, 0.29) is 4.90 Å². The largest absolute Gasteiger partial charge is 0.494 e. The molecular weight excluding hydrogens is 486 g/mol. The maximum Gasteiger partial charge on any atom is 0.329 e. The van der Waals surface area contributed by atoms with Crippen LogP contribution in [-0.4, -0.2) is 26.0 Å². The first-order valence-corrected chi connectivity index (χ1v) is 13.5. The van der Waals surface area contributed by atoms with Gasteiger partial charge in [0.1, 0.15) is 5.75 Å². The number of pyridine rings is 1. The molecule has 2 amide bonds. The van der Waals surface area contributed by atoms with Crippen LogP contribution >= 0.6 is 0 Å². The number of amides is 2. The van der Waals surface area contributed by atoms with Crippen molar-refractivity contribution in [2.45, 2.75) is 31.2 Å². The Kier molecular flexibility index (Phi) is 8.20. The molecule has 4 rings (SSSR count). The van der Waals surface area contributed by atoms with Crippen molar-refractivity contribution >= 4 is 16.1 Å². The van der Waals surface area contributed by atoms with Crippen LogP contribution in [0.15, 0.2) is 102 Å². The molecule has 0 aliphatic rings. The number of urea groups is 1. The minimum Gasteiger partial charge on any atom is -0.494 e. The second-order valence-corrected chi connectivity index (χ2v) is 10.1. The van der Waals surface area contributed by atoms with Crippen molar-refractivity contribution in [3.8, 4) is 16.9 Å². The topological polar surface area (TPSA) is 97.4 Å². The standard InChI is InChI=1S/C29H29N3O4S/c1-3-36-24-17-15-23(16-18-24)25-13-9-19-30-28(25)26(20-22-11-5-4-6-12-22)31-29(33)32-37(34,35)27-14-8-7-10-21(27)2/h4-19,26H,3,20H2,1-2H3,(H2,31,32,33)/t26-/m1/s1. The molecule has 1 heterocycles. The lowest BCUT2D eigenvalue weighted by atomic mass is 9.95. The molecule has 190 valence electrons. The van der Waals surface area contributed by atoms with E-state index in [4.69, 9.17) is 4.74 Å². The van der Waals surface area contributed by atoms with E-state index in [0.717, 1.165) is 22.4 Å². The molecule has 0 spiro atoms. The van der Waals surface area contributed by atoms with Crippen LogP contribution in [0, 0.1) is 6.92 Å². The molecule has 2 N–H and O–H groups in total. The SMILES string of the molecule is CCOc1ccc(-c2cccnc2[C@@H](Cc2ccccc2)NC(=O)NS(=O)(=O)c2ccccc2C)cc1. The van der Waals surface area contributed by atoms with Crippen LogP contribution in [0.2, 0.25) is 0 Å². The summed E-state index contributed by atoms with van der Waals surface area (Å²) in [6.07, 6.45) is 2.08. The zero-order valence-electron chi connectivity index (χ0n) is 20.7. The third-order valence-electron chi connectivity index (χ3n) is 5.84. The fourth-order valence-electron chi connectivity index (χ4n) is 4.13. The molecule has 0 unspecified atom stereocenters. The van der Waals surface area contributed by atoms with Gasteiger partial charge in [0.2, 0.25) is 0 Å². The number of aryl methyl sites for hydroxylation is 1. The van der Waals surface area contributed by atoms with E-state index >= 15 is 0 Å². The number of ether oxygens (including phenoxy) is 1. The molecule has 4 aromatic rings. The molecule has 0 saturated carbocycles. The first kappa shape index (κ1) is 25.9. The summed E-state index contributed by atoms with van der Waals surface area (Å²) >= 11 is 0. The zero-order chi connectivity index (χ0) is 26.3. The number of nitrogens with zero attached hydrogens (tertiary/aromatic N) is 1. The van der Waals surface area contributed by atoms with Gasteiger partial charge in [0.05, 0.1) is 23.2 Å². The summed E-state index contributed by atoms with van der Waals surface area (Å²) in [6.45, 7) is 4.18. The minimum absolute atomic E-state index is 0.0534. The fourth-order valence-corrected chi connectivity index (χ4v) is 5.29. The summed E-state index contributed by atoms with van der Waals surface area (Å²) in [5.74, 6) is 0.761. The lowest BCUT2D eigenvalue weighted by Gasteiger charge is -2.22. The maximum atomic E-state index is 13.0. The first-order chi connectivity index (χ1) is 17.9. The van der Waals surface area contributed by atoms with Crippen LogP contribution in [-0.2, 0) is 16.4 Å². The molecule has 0 saturated heterocycles. The smallest absolute Gasteiger partial charge is 0.329 e. The highest BCUT2D eigenvalue weighted by Gasteiger charge is 2.24. The maximum absolute atomic E-state index is 13.0. The van der Waals surface area contributed by atoms with Gasteiger partial charge in [0.15, 0.2) is 0 Å². The van der Waals surface area contributed by atoms with E-state index in [9.17, 15) is 13.2 Å². The summed E-state index contributed by atoms with van der Waals surface area (Å²) in [5.41, 5.74) is 3.87. The van der Waals surface area contributed by atoms with Crippen molar-refractivity contribution in [3.63, 3.8) is 0 Å². The lowest BCUT2D eigenvalue weighted by molar-refractivity contribution is 0.242. The summed E-state index contributed by atoms with van der Waals surface area (Å²) < 4.78 is 33.5. The number of aromatic nitrogens is 1. The Morgan fingerprint density at radius 3 is 2.32 bits per heavy atom. The van der Waals surface area contributed by atoms with E-state index in [1.165, 1.54) is 6.07 Å². The van der Waals surface area contributed by atoms with Crippen molar-refractivity contribution in [2.75, 3.05) is 6.61 Å². The number of sulfonamides is 1. The van der Waals surface area contributed by atoms with Crippen LogP contribution in [0.3, 0.4) is 0 Å². The molecule has 0 aliphatic carbocycles. The first-order valence-electron chi connectivity index (χ1n) is 12.0. The highest BCUT2D eigenvalue weighted by molar-refractivity contribution is 7.90. The van der Waals surface area contributed by atoms with Crippen LogP contribution in [0.1, 0.15) is 29.8 Å². The normalized spacial score (nSPS) is 11.9. The molecule has 3 aromatic carbocycles. The van der Waals surface area contributed by atoms with Crippen molar-refractivity contribution in [2.24, 2.45) is 0 Å². The Morgan fingerprint density at radius 1 is 0.919 bits per heavy atom. The molecule has 8 heteroatoms. The number of nitrogens with one attached hydrogen (secondary N) is 2. The number of hydrogen-bond donors (Lipinski definition) is 2. The van der Waals surface area contributed by atoms with Crippen molar-refractivity contribution in [1.29, 1.82) is 0 Å². The van der Waals surface area contributed by atoms with Gasteiger partial charge in [-0.15, -0.1) is 0 Å². The predicted octanol–water partition coefficient (Wildman–Crippen LogP) is 5.43. The van der Waals surface area contributed by atoms with Gasteiger partial charge in [-0.1, -0.05) is 66.7 Å². The second kappa shape index (κ2) is 11.7. The Hall–Kier alpha value is -4.17. The molecule has 0 fully saturated rings. The van der Waals surface area contributed by atoms with Crippen molar-refractivity contribution in [3.05, 3.63) is 114 Å². The van der Waals surface area contributed by atoms with Gasteiger partial charge < -0.3 is 10.1 Å². The Balaban J connectivity index is 1.65.